The van der Waals surface area contributed by atoms with Gasteiger partial charge in [-0.25, -0.2) is 0 Å². The molecule has 0 spiro atoms. The van der Waals surface area contributed by atoms with Gasteiger partial charge in [-0.2, -0.15) is 0 Å². The quantitative estimate of drug-likeness (QED) is 0.760. The van der Waals surface area contributed by atoms with E-state index in [2.05, 4.69) is 22.9 Å². The highest BCUT2D eigenvalue weighted by atomic mass is 79.9. The minimum absolute atomic E-state index is 0.202. The molecule has 0 aromatic heterocycles. The standard InChI is InChI=1S/C14H17BrClNO/c1-10-9-17(7-6-13(10)16)14(18)8-11-2-4-12(15)5-3-11/h2-5,10,13H,6-9H2,1H3. The molecular formula is C14H17BrClNO. The Kier molecular flexibility index (Phi) is 4.68. The summed E-state index contributed by atoms with van der Waals surface area (Å²) in [5, 5.41) is 0.210. The first-order valence-electron chi connectivity index (χ1n) is 6.22. The van der Waals surface area contributed by atoms with Gasteiger partial charge in [0.1, 0.15) is 0 Å². The zero-order chi connectivity index (χ0) is 13.1. The van der Waals surface area contributed by atoms with Crippen molar-refractivity contribution in [3.05, 3.63) is 34.3 Å². The maximum Gasteiger partial charge on any atom is 0.226 e. The Bertz CT molecular complexity index is 420. The summed E-state index contributed by atoms with van der Waals surface area (Å²) in [4.78, 5) is 14.1. The molecule has 1 aromatic carbocycles. The highest BCUT2D eigenvalue weighted by Crippen LogP contribution is 2.22. The van der Waals surface area contributed by atoms with E-state index in [1.165, 1.54) is 0 Å². The number of carbonyl (C=O) groups is 1. The molecule has 4 heteroatoms. The van der Waals surface area contributed by atoms with Gasteiger partial charge in [-0.15, -0.1) is 11.6 Å². The van der Waals surface area contributed by atoms with E-state index in [0.29, 0.717) is 12.3 Å². The summed E-state index contributed by atoms with van der Waals surface area (Å²) >= 11 is 9.56. The molecule has 1 saturated heterocycles. The Morgan fingerprint density at radius 3 is 2.72 bits per heavy atom. The highest BCUT2D eigenvalue weighted by molar-refractivity contribution is 9.10. The van der Waals surface area contributed by atoms with Gasteiger partial charge in [-0.1, -0.05) is 35.0 Å². The number of alkyl halides is 1. The van der Waals surface area contributed by atoms with E-state index < -0.39 is 0 Å². The van der Waals surface area contributed by atoms with Crippen LogP contribution in [0.1, 0.15) is 18.9 Å². The van der Waals surface area contributed by atoms with Crippen molar-refractivity contribution in [1.29, 1.82) is 0 Å². The number of hydrogen-bond donors (Lipinski definition) is 0. The largest absolute Gasteiger partial charge is 0.342 e. The maximum atomic E-state index is 12.2. The van der Waals surface area contributed by atoms with Crippen LogP contribution in [0.15, 0.2) is 28.7 Å². The summed E-state index contributed by atoms with van der Waals surface area (Å²) in [6.07, 6.45) is 1.38. The summed E-state index contributed by atoms with van der Waals surface area (Å²) < 4.78 is 1.04. The molecule has 0 aliphatic carbocycles. The lowest BCUT2D eigenvalue weighted by Crippen LogP contribution is -2.44. The molecule has 1 heterocycles. The predicted octanol–water partition coefficient (Wildman–Crippen LogP) is 3.47. The summed E-state index contributed by atoms with van der Waals surface area (Å²) in [6, 6.07) is 7.91. The molecule has 2 rings (SSSR count). The van der Waals surface area contributed by atoms with Crippen LogP contribution in [-0.4, -0.2) is 29.3 Å². The van der Waals surface area contributed by atoms with Crippen LogP contribution in [-0.2, 0) is 11.2 Å². The van der Waals surface area contributed by atoms with Crippen molar-refractivity contribution in [3.63, 3.8) is 0 Å². The highest BCUT2D eigenvalue weighted by Gasteiger charge is 2.26. The molecule has 2 atom stereocenters. The molecule has 0 bridgehead atoms. The van der Waals surface area contributed by atoms with Crippen molar-refractivity contribution in [2.75, 3.05) is 13.1 Å². The van der Waals surface area contributed by atoms with Crippen LogP contribution in [0.2, 0.25) is 0 Å². The summed E-state index contributed by atoms with van der Waals surface area (Å²) in [5.41, 5.74) is 1.06. The number of halogens is 2. The first-order valence-corrected chi connectivity index (χ1v) is 7.45. The number of rotatable bonds is 2. The van der Waals surface area contributed by atoms with Gasteiger partial charge in [-0.05, 0) is 30.0 Å². The van der Waals surface area contributed by atoms with E-state index >= 15 is 0 Å². The Balaban J connectivity index is 1.94. The second-order valence-corrected chi connectivity index (χ2v) is 6.40. The minimum atomic E-state index is 0.202. The Labute approximate surface area is 121 Å². The van der Waals surface area contributed by atoms with E-state index in [1.807, 2.05) is 29.2 Å². The summed E-state index contributed by atoms with van der Waals surface area (Å²) in [7, 11) is 0. The van der Waals surface area contributed by atoms with Crippen molar-refractivity contribution < 1.29 is 4.79 Å². The Hall–Kier alpha value is -0.540. The van der Waals surface area contributed by atoms with Gasteiger partial charge in [0.25, 0.3) is 0 Å². The molecule has 0 saturated carbocycles. The monoisotopic (exact) mass is 329 g/mol. The van der Waals surface area contributed by atoms with Crippen LogP contribution in [0.5, 0.6) is 0 Å². The molecule has 1 aliphatic heterocycles. The van der Waals surface area contributed by atoms with Gasteiger partial charge in [0.15, 0.2) is 0 Å². The third kappa shape index (κ3) is 3.48. The maximum absolute atomic E-state index is 12.2. The lowest BCUT2D eigenvalue weighted by molar-refractivity contribution is -0.132. The van der Waals surface area contributed by atoms with Crippen molar-refractivity contribution >= 4 is 33.4 Å². The second-order valence-electron chi connectivity index (χ2n) is 4.92. The minimum Gasteiger partial charge on any atom is -0.342 e. The van der Waals surface area contributed by atoms with Crippen LogP contribution < -0.4 is 0 Å². The normalized spacial score (nSPS) is 24.1. The third-order valence-corrected chi connectivity index (χ3v) is 4.60. The van der Waals surface area contributed by atoms with E-state index in [9.17, 15) is 4.79 Å². The molecule has 0 radical (unpaired) electrons. The first kappa shape index (κ1) is 13.9. The fraction of sp³-hybridized carbons (Fsp3) is 0.500. The Morgan fingerprint density at radius 1 is 1.44 bits per heavy atom. The number of carbonyl (C=O) groups excluding carboxylic acids is 1. The fourth-order valence-corrected chi connectivity index (χ4v) is 2.67. The zero-order valence-electron chi connectivity index (χ0n) is 10.4. The van der Waals surface area contributed by atoms with Gasteiger partial charge in [0.05, 0.1) is 6.42 Å². The Morgan fingerprint density at radius 2 is 2.11 bits per heavy atom. The van der Waals surface area contributed by atoms with Crippen LogP contribution >= 0.6 is 27.5 Å². The molecule has 98 valence electrons. The van der Waals surface area contributed by atoms with E-state index in [-0.39, 0.29) is 11.3 Å². The number of piperidine rings is 1. The summed E-state index contributed by atoms with van der Waals surface area (Å²) in [6.45, 7) is 3.67. The van der Waals surface area contributed by atoms with Crippen LogP contribution in [0.4, 0.5) is 0 Å². The molecule has 0 N–H and O–H groups in total. The molecule has 1 aromatic rings. The van der Waals surface area contributed by atoms with Crippen LogP contribution in [0.25, 0.3) is 0 Å². The molecule has 2 nitrogen and oxygen atoms in total. The van der Waals surface area contributed by atoms with E-state index in [0.717, 1.165) is 29.5 Å². The number of likely N-dealkylation sites (tertiary alicyclic amines) is 1. The molecule has 18 heavy (non-hydrogen) atoms. The van der Waals surface area contributed by atoms with Gasteiger partial charge in [0, 0.05) is 22.9 Å². The second kappa shape index (κ2) is 6.07. The lowest BCUT2D eigenvalue weighted by atomic mass is 9.99. The van der Waals surface area contributed by atoms with Crippen molar-refractivity contribution in [2.24, 2.45) is 5.92 Å². The van der Waals surface area contributed by atoms with Gasteiger partial charge < -0.3 is 4.90 Å². The average Bonchev–Trinajstić information content (AvgIpc) is 2.35. The molecular weight excluding hydrogens is 314 g/mol. The van der Waals surface area contributed by atoms with Gasteiger partial charge in [-0.3, -0.25) is 4.79 Å². The number of amides is 1. The van der Waals surface area contributed by atoms with Crippen molar-refractivity contribution in [1.82, 2.24) is 4.90 Å². The smallest absolute Gasteiger partial charge is 0.226 e. The zero-order valence-corrected chi connectivity index (χ0v) is 12.7. The first-order chi connectivity index (χ1) is 8.56. The van der Waals surface area contributed by atoms with Crippen molar-refractivity contribution in [2.45, 2.75) is 25.1 Å². The van der Waals surface area contributed by atoms with Crippen LogP contribution in [0, 0.1) is 5.92 Å². The van der Waals surface area contributed by atoms with Gasteiger partial charge in [0.2, 0.25) is 5.91 Å². The lowest BCUT2D eigenvalue weighted by Gasteiger charge is -2.34. The van der Waals surface area contributed by atoms with E-state index in [1.54, 1.807) is 0 Å². The summed E-state index contributed by atoms with van der Waals surface area (Å²) in [5.74, 6) is 0.585. The average molecular weight is 331 g/mol. The third-order valence-electron chi connectivity index (χ3n) is 3.42. The predicted molar refractivity (Wildman–Crippen MR) is 77.8 cm³/mol. The molecule has 1 fully saturated rings. The molecule has 2 unspecified atom stereocenters. The number of nitrogens with zero attached hydrogens (tertiary/aromatic N) is 1. The number of hydrogen-bond acceptors (Lipinski definition) is 1. The molecule has 1 aliphatic rings. The van der Waals surface area contributed by atoms with E-state index in [4.69, 9.17) is 11.6 Å². The molecule has 1 amide bonds. The van der Waals surface area contributed by atoms with Crippen LogP contribution in [0.3, 0.4) is 0 Å². The fourth-order valence-electron chi connectivity index (χ4n) is 2.23. The SMILES string of the molecule is CC1CN(C(=O)Cc2ccc(Br)cc2)CCC1Cl. The van der Waals surface area contributed by atoms with Gasteiger partial charge >= 0.3 is 0 Å². The number of benzene rings is 1. The topological polar surface area (TPSA) is 20.3 Å². The van der Waals surface area contributed by atoms with Crippen molar-refractivity contribution in [3.8, 4) is 0 Å².